The second-order valence-corrected chi connectivity index (χ2v) is 6.72. The van der Waals surface area contributed by atoms with Crippen molar-refractivity contribution >= 4 is 23.0 Å². The number of phenolic OH excluding ortho intramolecular Hbond substituents is 1. The molecule has 0 bridgehead atoms. The van der Waals surface area contributed by atoms with Gasteiger partial charge in [-0.3, -0.25) is 9.59 Å². The van der Waals surface area contributed by atoms with Gasteiger partial charge in [-0.25, -0.2) is 18.3 Å². The molecule has 2 heterocycles. The molecule has 1 aliphatic carbocycles. The zero-order valence-corrected chi connectivity index (χ0v) is 14.8. The first kappa shape index (κ1) is 18.0. The summed E-state index contributed by atoms with van der Waals surface area (Å²) in [6, 6.07) is 5.39. The Balaban J connectivity index is 1.74. The first-order valence-electron chi connectivity index (χ1n) is 8.67. The summed E-state index contributed by atoms with van der Waals surface area (Å²) < 4.78 is 27.8. The SMILES string of the molecule is CC(=O)c1ccc(O)c(NC(=O)c2cnn3c(C(F)F)cc(C4CC4)nc23)c1. The van der Waals surface area contributed by atoms with Crippen molar-refractivity contribution < 1.29 is 23.5 Å². The minimum atomic E-state index is -2.77. The van der Waals surface area contributed by atoms with Gasteiger partial charge in [-0.1, -0.05) is 0 Å². The number of amides is 1. The van der Waals surface area contributed by atoms with Gasteiger partial charge < -0.3 is 10.4 Å². The number of benzene rings is 1. The van der Waals surface area contributed by atoms with Crippen LogP contribution in [0.5, 0.6) is 5.75 Å². The Labute approximate surface area is 158 Å². The highest BCUT2D eigenvalue weighted by Crippen LogP contribution is 2.40. The number of rotatable bonds is 5. The van der Waals surface area contributed by atoms with E-state index in [1.165, 1.54) is 31.2 Å². The van der Waals surface area contributed by atoms with Crippen molar-refractivity contribution in [1.29, 1.82) is 0 Å². The lowest BCUT2D eigenvalue weighted by atomic mass is 10.1. The van der Waals surface area contributed by atoms with Crippen molar-refractivity contribution in [2.75, 3.05) is 5.32 Å². The summed E-state index contributed by atoms with van der Waals surface area (Å²) >= 11 is 0. The van der Waals surface area contributed by atoms with Gasteiger partial charge in [0.2, 0.25) is 0 Å². The Morgan fingerprint density at radius 2 is 2.04 bits per heavy atom. The number of carbonyl (C=O) groups is 2. The number of phenols is 1. The van der Waals surface area contributed by atoms with Gasteiger partial charge >= 0.3 is 0 Å². The van der Waals surface area contributed by atoms with Gasteiger partial charge in [-0.05, 0) is 44.0 Å². The van der Waals surface area contributed by atoms with Crippen LogP contribution in [0, 0.1) is 0 Å². The molecule has 9 heteroatoms. The maximum absolute atomic E-state index is 13.4. The van der Waals surface area contributed by atoms with E-state index >= 15 is 0 Å². The Bertz CT molecular complexity index is 1110. The van der Waals surface area contributed by atoms with Crippen LogP contribution in [0.1, 0.15) is 64.2 Å². The molecule has 3 aromatic rings. The van der Waals surface area contributed by atoms with E-state index in [9.17, 15) is 23.5 Å². The number of anilines is 1. The number of ketones is 1. The molecule has 0 atom stereocenters. The van der Waals surface area contributed by atoms with Gasteiger partial charge in [0.05, 0.1) is 11.9 Å². The van der Waals surface area contributed by atoms with Crippen molar-refractivity contribution in [3.8, 4) is 5.75 Å². The molecule has 28 heavy (non-hydrogen) atoms. The summed E-state index contributed by atoms with van der Waals surface area (Å²) in [5.41, 5.74) is 0.550. The van der Waals surface area contributed by atoms with E-state index < -0.39 is 12.3 Å². The highest BCUT2D eigenvalue weighted by molar-refractivity contribution is 6.09. The lowest BCUT2D eigenvalue weighted by molar-refractivity contribution is 0.101. The van der Waals surface area contributed by atoms with E-state index in [1.54, 1.807) is 0 Å². The lowest BCUT2D eigenvalue weighted by Gasteiger charge is -2.09. The molecule has 1 aliphatic rings. The number of fused-ring (bicyclic) bond motifs is 1. The summed E-state index contributed by atoms with van der Waals surface area (Å²) in [6.07, 6.45) is 0.127. The third kappa shape index (κ3) is 3.19. The van der Waals surface area contributed by atoms with E-state index in [4.69, 9.17) is 0 Å². The highest BCUT2D eigenvalue weighted by Gasteiger charge is 2.29. The fourth-order valence-corrected chi connectivity index (χ4v) is 2.95. The number of aromatic hydroxyl groups is 1. The average Bonchev–Trinajstić information content (AvgIpc) is 3.41. The van der Waals surface area contributed by atoms with Crippen LogP contribution in [0.25, 0.3) is 5.65 Å². The van der Waals surface area contributed by atoms with Crippen LogP contribution in [0.3, 0.4) is 0 Å². The van der Waals surface area contributed by atoms with Gasteiger partial charge in [0, 0.05) is 17.2 Å². The van der Waals surface area contributed by atoms with Crippen LogP contribution in [0.4, 0.5) is 14.5 Å². The molecule has 2 N–H and O–H groups in total. The fraction of sp³-hybridized carbons (Fsp3) is 0.263. The van der Waals surface area contributed by atoms with Crippen LogP contribution < -0.4 is 5.32 Å². The smallest absolute Gasteiger partial charge is 0.280 e. The molecule has 4 rings (SSSR count). The van der Waals surface area contributed by atoms with Gasteiger partial charge in [0.15, 0.2) is 11.4 Å². The predicted octanol–water partition coefficient (Wildman–Crippen LogP) is 3.70. The molecule has 1 saturated carbocycles. The molecule has 0 spiro atoms. The molecule has 1 fully saturated rings. The number of Topliss-reactive ketones (excluding diaryl/α,β-unsaturated/α-hetero) is 1. The van der Waals surface area contributed by atoms with Crippen LogP contribution in [0.15, 0.2) is 30.5 Å². The number of alkyl halides is 2. The quantitative estimate of drug-likeness (QED) is 0.515. The Morgan fingerprint density at radius 3 is 2.68 bits per heavy atom. The third-order valence-corrected chi connectivity index (χ3v) is 4.63. The monoisotopic (exact) mass is 386 g/mol. The molecule has 1 amide bonds. The van der Waals surface area contributed by atoms with Crippen molar-refractivity contribution in [2.24, 2.45) is 0 Å². The van der Waals surface area contributed by atoms with Crippen LogP contribution in [0.2, 0.25) is 0 Å². The second-order valence-electron chi connectivity index (χ2n) is 6.72. The maximum Gasteiger partial charge on any atom is 0.280 e. The summed E-state index contributed by atoms with van der Waals surface area (Å²) in [7, 11) is 0. The number of hydrogen-bond acceptors (Lipinski definition) is 5. The van der Waals surface area contributed by atoms with E-state index in [-0.39, 0.29) is 40.0 Å². The molecule has 0 aliphatic heterocycles. The average molecular weight is 386 g/mol. The van der Waals surface area contributed by atoms with Crippen LogP contribution >= 0.6 is 0 Å². The summed E-state index contributed by atoms with van der Waals surface area (Å²) in [5.74, 6) is -1.02. The van der Waals surface area contributed by atoms with Gasteiger partial charge in [-0.15, -0.1) is 0 Å². The van der Waals surface area contributed by atoms with E-state index in [0.717, 1.165) is 23.6 Å². The molecule has 144 valence electrons. The maximum atomic E-state index is 13.4. The lowest BCUT2D eigenvalue weighted by Crippen LogP contribution is -2.13. The van der Waals surface area contributed by atoms with Crippen molar-refractivity contribution in [2.45, 2.75) is 32.1 Å². The van der Waals surface area contributed by atoms with E-state index in [0.29, 0.717) is 11.3 Å². The number of nitrogens with zero attached hydrogens (tertiary/aromatic N) is 3. The second kappa shape index (κ2) is 6.66. The molecular formula is C19H16F2N4O3. The summed E-state index contributed by atoms with van der Waals surface area (Å²) in [6.45, 7) is 1.36. The van der Waals surface area contributed by atoms with Crippen molar-refractivity contribution in [3.63, 3.8) is 0 Å². The summed E-state index contributed by atoms with van der Waals surface area (Å²) in [4.78, 5) is 28.6. The van der Waals surface area contributed by atoms with Crippen molar-refractivity contribution in [3.05, 3.63) is 53.0 Å². The molecule has 0 unspecified atom stereocenters. The van der Waals surface area contributed by atoms with Crippen molar-refractivity contribution in [1.82, 2.24) is 14.6 Å². The zero-order valence-electron chi connectivity index (χ0n) is 14.8. The minimum Gasteiger partial charge on any atom is -0.506 e. The van der Waals surface area contributed by atoms with Crippen LogP contribution in [-0.2, 0) is 0 Å². The molecule has 0 saturated heterocycles. The molecule has 0 radical (unpaired) electrons. The topological polar surface area (TPSA) is 96.6 Å². The first-order chi connectivity index (χ1) is 13.3. The largest absolute Gasteiger partial charge is 0.506 e. The fourth-order valence-electron chi connectivity index (χ4n) is 2.95. The minimum absolute atomic E-state index is 0.00275. The molecule has 7 nitrogen and oxygen atoms in total. The standard InChI is InChI=1S/C19H16F2N4O3/c1-9(26)11-4-5-16(27)14(6-11)24-19(28)12-8-22-25-15(17(20)21)7-13(10-2-3-10)23-18(12)25/h4-8,10,17,27H,2-3H2,1H3,(H,24,28). The third-order valence-electron chi connectivity index (χ3n) is 4.63. The van der Waals surface area contributed by atoms with Gasteiger partial charge in [0.25, 0.3) is 12.3 Å². The number of carbonyl (C=O) groups excluding carboxylic acids is 2. The number of aromatic nitrogens is 3. The number of halogens is 2. The van der Waals surface area contributed by atoms with Crippen LogP contribution in [-0.4, -0.2) is 31.4 Å². The zero-order chi connectivity index (χ0) is 20.0. The number of hydrogen-bond donors (Lipinski definition) is 2. The van der Waals surface area contributed by atoms with Gasteiger partial charge in [-0.2, -0.15) is 5.10 Å². The summed E-state index contributed by atoms with van der Waals surface area (Å²) in [5, 5.41) is 16.3. The molecule has 1 aromatic carbocycles. The molecule has 2 aromatic heterocycles. The van der Waals surface area contributed by atoms with E-state index in [1.807, 2.05) is 0 Å². The Kier molecular flexibility index (Phi) is 4.29. The highest BCUT2D eigenvalue weighted by atomic mass is 19.3. The molecular weight excluding hydrogens is 370 g/mol. The number of nitrogens with one attached hydrogen (secondary N) is 1. The predicted molar refractivity (Wildman–Crippen MR) is 96.0 cm³/mol. The first-order valence-corrected chi connectivity index (χ1v) is 8.67. The Morgan fingerprint density at radius 1 is 1.29 bits per heavy atom. The van der Waals surface area contributed by atoms with E-state index in [2.05, 4.69) is 15.4 Å². The normalized spacial score (nSPS) is 13.9. The van der Waals surface area contributed by atoms with Gasteiger partial charge in [0.1, 0.15) is 17.0 Å². The Hall–Kier alpha value is -3.36.